The summed E-state index contributed by atoms with van der Waals surface area (Å²) in [4.78, 5) is 12.6. The van der Waals surface area contributed by atoms with Crippen LogP contribution in [0, 0.1) is 23.7 Å². The van der Waals surface area contributed by atoms with E-state index in [0.29, 0.717) is 11.8 Å². The number of ether oxygens (including phenoxy) is 1. The summed E-state index contributed by atoms with van der Waals surface area (Å²) in [6, 6.07) is 8.17. The lowest BCUT2D eigenvalue weighted by atomic mass is 9.85. The Labute approximate surface area is 137 Å². The van der Waals surface area contributed by atoms with Crippen molar-refractivity contribution in [1.82, 2.24) is 5.32 Å². The number of benzene rings is 1. The molecule has 3 saturated carbocycles. The maximum absolute atomic E-state index is 12.6. The number of fused-ring (bicyclic) bond motifs is 2. The summed E-state index contributed by atoms with van der Waals surface area (Å²) in [5, 5.41) is 12.9. The molecule has 2 N–H and O–H groups in total. The zero-order valence-corrected chi connectivity index (χ0v) is 13.6. The van der Waals surface area contributed by atoms with E-state index < -0.39 is 0 Å². The number of carbonyl (C=O) groups is 1. The molecule has 4 heteroatoms. The third-order valence-corrected chi connectivity index (χ3v) is 6.27. The number of rotatable bonds is 5. The first-order valence-electron chi connectivity index (χ1n) is 8.77. The molecule has 2 bridgehead atoms. The van der Waals surface area contributed by atoms with Crippen molar-refractivity contribution in [3.63, 3.8) is 0 Å². The molecule has 1 aromatic carbocycles. The van der Waals surface area contributed by atoms with Crippen molar-refractivity contribution in [2.75, 3.05) is 13.7 Å². The van der Waals surface area contributed by atoms with Crippen molar-refractivity contribution >= 4 is 5.91 Å². The molecule has 3 aliphatic rings. The molecular weight excluding hydrogens is 290 g/mol. The average molecular weight is 315 g/mol. The van der Waals surface area contributed by atoms with Crippen LogP contribution in [0.15, 0.2) is 24.3 Å². The third kappa shape index (κ3) is 2.53. The van der Waals surface area contributed by atoms with Gasteiger partial charge in [0.2, 0.25) is 5.91 Å². The Balaban J connectivity index is 1.41. The Bertz CT molecular complexity index is 602. The van der Waals surface area contributed by atoms with Crippen molar-refractivity contribution < 1.29 is 14.6 Å². The number of para-hydroxylation sites is 1. The Hall–Kier alpha value is -1.55. The maximum atomic E-state index is 12.6. The lowest BCUT2D eigenvalue weighted by molar-refractivity contribution is -0.124. The summed E-state index contributed by atoms with van der Waals surface area (Å²) in [7, 11) is 1.68. The van der Waals surface area contributed by atoms with Gasteiger partial charge < -0.3 is 15.2 Å². The second kappa shape index (κ2) is 5.82. The minimum atomic E-state index is 0.0600. The number of aliphatic hydroxyl groups excluding tert-OH is 1. The summed E-state index contributed by atoms with van der Waals surface area (Å²) >= 11 is 0. The van der Waals surface area contributed by atoms with Crippen LogP contribution in [0.2, 0.25) is 0 Å². The number of nitrogens with one attached hydrogen (secondary N) is 1. The van der Waals surface area contributed by atoms with Crippen LogP contribution in [0.25, 0.3) is 0 Å². The van der Waals surface area contributed by atoms with E-state index in [4.69, 9.17) is 4.74 Å². The zero-order chi connectivity index (χ0) is 16.0. The van der Waals surface area contributed by atoms with Gasteiger partial charge in [-0.15, -0.1) is 0 Å². The second-order valence-electron chi connectivity index (χ2n) is 7.40. The highest BCUT2D eigenvalue weighted by molar-refractivity contribution is 5.83. The van der Waals surface area contributed by atoms with Crippen LogP contribution >= 0.6 is 0 Å². The van der Waals surface area contributed by atoms with Crippen molar-refractivity contribution in [3.05, 3.63) is 29.8 Å². The lowest BCUT2D eigenvalue weighted by Gasteiger charge is -2.30. The molecule has 6 unspecified atom stereocenters. The van der Waals surface area contributed by atoms with E-state index in [0.717, 1.165) is 17.7 Å². The lowest BCUT2D eigenvalue weighted by Crippen LogP contribution is -2.46. The molecule has 1 amide bonds. The van der Waals surface area contributed by atoms with Gasteiger partial charge >= 0.3 is 0 Å². The van der Waals surface area contributed by atoms with Crippen molar-refractivity contribution in [1.29, 1.82) is 0 Å². The van der Waals surface area contributed by atoms with Crippen molar-refractivity contribution in [3.8, 4) is 5.75 Å². The highest BCUT2D eigenvalue weighted by Gasteiger charge is 2.51. The van der Waals surface area contributed by atoms with E-state index in [-0.39, 0.29) is 36.3 Å². The number of carbonyl (C=O) groups excluding carboxylic acids is 1. The number of hydrogen-bond donors (Lipinski definition) is 2. The summed E-state index contributed by atoms with van der Waals surface area (Å²) < 4.78 is 5.42. The Morgan fingerprint density at radius 3 is 2.83 bits per heavy atom. The molecule has 3 aliphatic carbocycles. The first kappa shape index (κ1) is 15.0. The molecule has 6 atom stereocenters. The van der Waals surface area contributed by atoms with Gasteiger partial charge in [-0.25, -0.2) is 0 Å². The fourth-order valence-corrected chi connectivity index (χ4v) is 4.97. The maximum Gasteiger partial charge on any atom is 0.223 e. The minimum Gasteiger partial charge on any atom is -0.496 e. The van der Waals surface area contributed by atoms with Gasteiger partial charge in [-0.2, -0.15) is 0 Å². The second-order valence-corrected chi connectivity index (χ2v) is 7.40. The number of hydrogen-bond acceptors (Lipinski definition) is 3. The highest BCUT2D eigenvalue weighted by atomic mass is 16.5. The molecule has 23 heavy (non-hydrogen) atoms. The molecule has 0 saturated heterocycles. The predicted octanol–water partition coefficient (Wildman–Crippen LogP) is 2.32. The van der Waals surface area contributed by atoms with Crippen LogP contribution in [0.5, 0.6) is 5.75 Å². The largest absolute Gasteiger partial charge is 0.496 e. The van der Waals surface area contributed by atoms with Gasteiger partial charge in [0.1, 0.15) is 5.75 Å². The van der Waals surface area contributed by atoms with Crippen LogP contribution in [0.1, 0.15) is 37.2 Å². The van der Waals surface area contributed by atoms with Crippen molar-refractivity contribution in [2.45, 2.75) is 37.6 Å². The molecule has 0 heterocycles. The monoisotopic (exact) mass is 315 g/mol. The quantitative estimate of drug-likeness (QED) is 0.877. The van der Waals surface area contributed by atoms with Gasteiger partial charge in [0.25, 0.3) is 0 Å². The van der Waals surface area contributed by atoms with Crippen LogP contribution in [0.4, 0.5) is 0 Å². The van der Waals surface area contributed by atoms with Crippen LogP contribution < -0.4 is 10.1 Å². The normalized spacial score (nSPS) is 37.7. The van der Waals surface area contributed by atoms with E-state index >= 15 is 0 Å². The van der Waals surface area contributed by atoms with E-state index in [1.807, 2.05) is 18.2 Å². The fraction of sp³-hybridized carbons (Fsp3) is 0.632. The van der Waals surface area contributed by atoms with E-state index in [1.165, 1.54) is 19.3 Å². The molecule has 3 fully saturated rings. The third-order valence-electron chi connectivity index (χ3n) is 6.27. The van der Waals surface area contributed by atoms with E-state index in [1.54, 1.807) is 7.11 Å². The summed E-state index contributed by atoms with van der Waals surface area (Å²) in [5.74, 6) is 2.82. The SMILES string of the molecule is COc1ccccc1C1CC1C(=O)NC1C2CCC(C2)C1CO. The molecule has 0 aliphatic heterocycles. The summed E-state index contributed by atoms with van der Waals surface area (Å²) in [6.07, 6.45) is 4.50. The number of amides is 1. The van der Waals surface area contributed by atoms with Gasteiger partial charge in [0, 0.05) is 24.5 Å². The summed E-state index contributed by atoms with van der Waals surface area (Å²) in [5.41, 5.74) is 1.14. The first-order chi connectivity index (χ1) is 11.2. The molecule has 0 radical (unpaired) electrons. The van der Waals surface area contributed by atoms with Crippen molar-refractivity contribution in [2.24, 2.45) is 23.7 Å². The molecule has 4 rings (SSSR count). The Morgan fingerprint density at radius 2 is 2.04 bits per heavy atom. The van der Waals surface area contributed by atoms with Crippen LogP contribution in [-0.2, 0) is 4.79 Å². The molecule has 1 aromatic rings. The van der Waals surface area contributed by atoms with Gasteiger partial charge in [-0.05, 0) is 55.1 Å². The van der Waals surface area contributed by atoms with Crippen LogP contribution in [0.3, 0.4) is 0 Å². The van der Waals surface area contributed by atoms with Crippen LogP contribution in [-0.4, -0.2) is 30.8 Å². The average Bonchev–Trinajstić information content (AvgIpc) is 3.14. The van der Waals surface area contributed by atoms with Gasteiger partial charge in [0.05, 0.1) is 7.11 Å². The molecule has 0 aromatic heterocycles. The molecular formula is C19H25NO3. The number of methoxy groups -OCH3 is 1. The minimum absolute atomic E-state index is 0.0600. The summed E-state index contributed by atoms with van der Waals surface area (Å²) in [6.45, 7) is 0.201. The predicted molar refractivity (Wildman–Crippen MR) is 87.2 cm³/mol. The Kier molecular flexibility index (Phi) is 3.80. The first-order valence-corrected chi connectivity index (χ1v) is 8.77. The smallest absolute Gasteiger partial charge is 0.223 e. The highest BCUT2D eigenvalue weighted by Crippen LogP contribution is 2.52. The zero-order valence-electron chi connectivity index (χ0n) is 13.6. The molecule has 4 nitrogen and oxygen atoms in total. The van der Waals surface area contributed by atoms with E-state index in [9.17, 15) is 9.90 Å². The van der Waals surface area contributed by atoms with Gasteiger partial charge in [-0.1, -0.05) is 18.2 Å². The molecule has 0 spiro atoms. The van der Waals surface area contributed by atoms with Gasteiger partial charge in [-0.3, -0.25) is 4.79 Å². The van der Waals surface area contributed by atoms with Gasteiger partial charge in [0.15, 0.2) is 0 Å². The topological polar surface area (TPSA) is 58.6 Å². The van der Waals surface area contributed by atoms with E-state index in [2.05, 4.69) is 11.4 Å². The molecule has 124 valence electrons. The fourth-order valence-electron chi connectivity index (χ4n) is 4.97. The standard InChI is InChI=1S/C19H25NO3/c1-23-17-5-3-2-4-13(17)14-9-15(14)19(22)20-18-12-7-6-11(8-12)16(18)10-21/h2-5,11-12,14-16,18,21H,6-10H2,1H3,(H,20,22). The number of aliphatic hydroxyl groups is 1. The Morgan fingerprint density at radius 1 is 1.26 bits per heavy atom.